The van der Waals surface area contributed by atoms with Crippen molar-refractivity contribution in [3.63, 3.8) is 0 Å². The van der Waals surface area contributed by atoms with E-state index in [1.165, 1.54) is 0 Å². The van der Waals surface area contributed by atoms with Gasteiger partial charge in [0.25, 0.3) is 0 Å². The van der Waals surface area contributed by atoms with Crippen LogP contribution in [0.5, 0.6) is 0 Å². The zero-order valence-corrected chi connectivity index (χ0v) is 9.45. The van der Waals surface area contributed by atoms with Gasteiger partial charge in [-0.25, -0.2) is 0 Å². The third kappa shape index (κ3) is 1.73. The molecule has 1 aromatic rings. The van der Waals surface area contributed by atoms with Crippen LogP contribution in [-0.4, -0.2) is 18.4 Å². The van der Waals surface area contributed by atoms with Crippen LogP contribution in [0.4, 0.5) is 0 Å². The molecular weight excluding hydrogens is 204 g/mol. The average molecular weight is 218 g/mol. The highest BCUT2D eigenvalue weighted by Gasteiger charge is 2.36. The molecule has 84 valence electrons. The van der Waals surface area contributed by atoms with Gasteiger partial charge in [0.05, 0.1) is 6.61 Å². The summed E-state index contributed by atoms with van der Waals surface area (Å²) < 4.78 is 4.90. The molecule has 0 radical (unpaired) electrons. The molecule has 1 aromatic carbocycles. The number of hydrogen-bond donors (Lipinski definition) is 0. The Labute approximate surface area is 94.4 Å². The fourth-order valence-electron chi connectivity index (χ4n) is 2.07. The largest absolute Gasteiger partial charge is 0.465 e. The predicted octanol–water partition coefficient (Wildman–Crippen LogP) is 1.91. The molecule has 1 unspecified atom stereocenters. The number of carbonyl (C=O) groups is 2. The Kier molecular flexibility index (Phi) is 2.77. The minimum Gasteiger partial charge on any atom is -0.465 e. The standard InChI is InChI=1S/C13H14O3/c1-3-16-13(15)11-7-9-6-8(2)4-5-10(9)12(11)14/h4-6,11H,3,7H2,1-2H3. The molecule has 3 heteroatoms. The van der Waals surface area contributed by atoms with Gasteiger partial charge in [0.1, 0.15) is 5.92 Å². The molecule has 2 rings (SSSR count). The lowest BCUT2D eigenvalue weighted by Gasteiger charge is -2.05. The zero-order chi connectivity index (χ0) is 11.7. The van der Waals surface area contributed by atoms with Crippen molar-refractivity contribution in [3.05, 3.63) is 34.9 Å². The number of esters is 1. The fourth-order valence-corrected chi connectivity index (χ4v) is 2.07. The van der Waals surface area contributed by atoms with Crippen molar-refractivity contribution in [2.75, 3.05) is 6.61 Å². The van der Waals surface area contributed by atoms with Crippen molar-refractivity contribution < 1.29 is 14.3 Å². The molecule has 0 aromatic heterocycles. The van der Waals surface area contributed by atoms with Crippen LogP contribution in [0, 0.1) is 12.8 Å². The van der Waals surface area contributed by atoms with E-state index in [9.17, 15) is 9.59 Å². The van der Waals surface area contributed by atoms with E-state index < -0.39 is 11.9 Å². The van der Waals surface area contributed by atoms with E-state index in [1.54, 1.807) is 13.0 Å². The van der Waals surface area contributed by atoms with Gasteiger partial charge in [-0.1, -0.05) is 23.8 Å². The second-order valence-electron chi connectivity index (χ2n) is 4.03. The molecule has 0 saturated heterocycles. The highest BCUT2D eigenvalue weighted by atomic mass is 16.5. The first kappa shape index (κ1) is 10.9. The molecule has 0 fully saturated rings. The third-order valence-electron chi connectivity index (χ3n) is 2.84. The Morgan fingerprint density at radius 3 is 2.94 bits per heavy atom. The maximum atomic E-state index is 11.9. The summed E-state index contributed by atoms with van der Waals surface area (Å²) in [5.74, 6) is -1.13. The number of Topliss-reactive ketones (excluding diaryl/α,β-unsaturated/α-hetero) is 1. The number of rotatable bonds is 2. The number of benzene rings is 1. The van der Waals surface area contributed by atoms with Gasteiger partial charge in [0.2, 0.25) is 0 Å². The lowest BCUT2D eigenvalue weighted by atomic mass is 10.1. The Hall–Kier alpha value is -1.64. The van der Waals surface area contributed by atoms with Gasteiger partial charge in [-0.2, -0.15) is 0 Å². The van der Waals surface area contributed by atoms with Crippen LogP contribution in [-0.2, 0) is 16.0 Å². The van der Waals surface area contributed by atoms with Crippen molar-refractivity contribution in [2.24, 2.45) is 5.92 Å². The summed E-state index contributed by atoms with van der Waals surface area (Å²) >= 11 is 0. The van der Waals surface area contributed by atoms with Crippen molar-refractivity contribution in [3.8, 4) is 0 Å². The Balaban J connectivity index is 2.27. The Morgan fingerprint density at radius 1 is 1.50 bits per heavy atom. The maximum Gasteiger partial charge on any atom is 0.317 e. The second-order valence-corrected chi connectivity index (χ2v) is 4.03. The highest BCUT2D eigenvalue weighted by Crippen LogP contribution is 2.28. The minimum absolute atomic E-state index is 0.103. The Bertz CT molecular complexity index is 448. The van der Waals surface area contributed by atoms with E-state index in [1.807, 2.05) is 19.1 Å². The molecule has 0 bridgehead atoms. The van der Waals surface area contributed by atoms with Crippen LogP contribution >= 0.6 is 0 Å². The van der Waals surface area contributed by atoms with Gasteiger partial charge in [-0.05, 0) is 25.8 Å². The summed E-state index contributed by atoms with van der Waals surface area (Å²) in [4.78, 5) is 23.5. The van der Waals surface area contributed by atoms with Crippen LogP contribution in [0.25, 0.3) is 0 Å². The summed E-state index contributed by atoms with van der Waals surface area (Å²) in [5.41, 5.74) is 2.74. The molecule has 0 N–H and O–H groups in total. The Morgan fingerprint density at radius 2 is 2.25 bits per heavy atom. The number of ketones is 1. The van der Waals surface area contributed by atoms with Crippen molar-refractivity contribution >= 4 is 11.8 Å². The summed E-state index contributed by atoms with van der Waals surface area (Å²) in [6, 6.07) is 5.66. The zero-order valence-electron chi connectivity index (χ0n) is 9.45. The van der Waals surface area contributed by atoms with E-state index >= 15 is 0 Å². The molecule has 0 aliphatic heterocycles. The summed E-state index contributed by atoms with van der Waals surface area (Å²) in [6.45, 7) is 4.04. The van der Waals surface area contributed by atoms with Crippen LogP contribution in [0.15, 0.2) is 18.2 Å². The molecule has 0 spiro atoms. The summed E-state index contributed by atoms with van der Waals surface area (Å²) in [6.07, 6.45) is 0.481. The monoisotopic (exact) mass is 218 g/mol. The maximum absolute atomic E-state index is 11.9. The van der Waals surface area contributed by atoms with Crippen LogP contribution in [0.3, 0.4) is 0 Å². The quantitative estimate of drug-likeness (QED) is 0.562. The van der Waals surface area contributed by atoms with E-state index in [-0.39, 0.29) is 5.78 Å². The van der Waals surface area contributed by atoms with Gasteiger partial charge in [-0.15, -0.1) is 0 Å². The van der Waals surface area contributed by atoms with Crippen LogP contribution < -0.4 is 0 Å². The first-order valence-corrected chi connectivity index (χ1v) is 5.44. The molecule has 1 aliphatic rings. The molecule has 1 atom stereocenters. The summed E-state index contributed by atoms with van der Waals surface area (Å²) in [7, 11) is 0. The SMILES string of the molecule is CCOC(=O)C1Cc2cc(C)ccc2C1=O. The number of fused-ring (bicyclic) bond motifs is 1. The van der Waals surface area contributed by atoms with Gasteiger partial charge in [0.15, 0.2) is 5.78 Å². The number of aryl methyl sites for hydroxylation is 1. The summed E-state index contributed by atoms with van der Waals surface area (Å²) in [5, 5.41) is 0. The smallest absolute Gasteiger partial charge is 0.317 e. The van der Waals surface area contributed by atoms with Crippen molar-refractivity contribution in [1.82, 2.24) is 0 Å². The molecule has 3 nitrogen and oxygen atoms in total. The van der Waals surface area contributed by atoms with Gasteiger partial charge in [0, 0.05) is 5.56 Å². The number of hydrogen-bond acceptors (Lipinski definition) is 3. The number of carbonyl (C=O) groups excluding carboxylic acids is 2. The van der Waals surface area contributed by atoms with Crippen molar-refractivity contribution in [1.29, 1.82) is 0 Å². The first-order chi connectivity index (χ1) is 7.63. The van der Waals surface area contributed by atoms with Crippen LogP contribution in [0.1, 0.15) is 28.4 Å². The lowest BCUT2D eigenvalue weighted by Crippen LogP contribution is -2.23. The van der Waals surface area contributed by atoms with E-state index in [0.29, 0.717) is 18.6 Å². The minimum atomic E-state index is -0.628. The molecule has 0 saturated carbocycles. The molecule has 0 heterocycles. The molecular formula is C13H14O3. The van der Waals surface area contributed by atoms with E-state index in [0.717, 1.165) is 11.1 Å². The number of ether oxygens (including phenoxy) is 1. The van der Waals surface area contributed by atoms with Gasteiger partial charge in [-0.3, -0.25) is 9.59 Å². The second kappa shape index (κ2) is 4.08. The lowest BCUT2D eigenvalue weighted by molar-refractivity contribution is -0.145. The molecule has 1 aliphatic carbocycles. The normalized spacial score (nSPS) is 18.4. The van der Waals surface area contributed by atoms with Gasteiger partial charge >= 0.3 is 5.97 Å². The van der Waals surface area contributed by atoms with Crippen LogP contribution in [0.2, 0.25) is 0 Å². The highest BCUT2D eigenvalue weighted by molar-refractivity contribution is 6.12. The van der Waals surface area contributed by atoms with E-state index in [2.05, 4.69) is 0 Å². The predicted molar refractivity (Wildman–Crippen MR) is 59.3 cm³/mol. The van der Waals surface area contributed by atoms with Crippen molar-refractivity contribution in [2.45, 2.75) is 20.3 Å². The molecule has 0 amide bonds. The topological polar surface area (TPSA) is 43.4 Å². The van der Waals surface area contributed by atoms with Gasteiger partial charge < -0.3 is 4.74 Å². The fraction of sp³-hybridized carbons (Fsp3) is 0.385. The third-order valence-corrected chi connectivity index (χ3v) is 2.84. The first-order valence-electron chi connectivity index (χ1n) is 5.44. The average Bonchev–Trinajstić information content (AvgIpc) is 2.56. The van der Waals surface area contributed by atoms with E-state index in [4.69, 9.17) is 4.74 Å². The molecule has 16 heavy (non-hydrogen) atoms.